The number of nitrogens with one attached hydrogen (secondary N) is 3. The highest BCUT2D eigenvalue weighted by Crippen LogP contribution is 2.38. The molecule has 3 N–H and O–H groups in total. The second-order valence-electron chi connectivity index (χ2n) is 6.99. The summed E-state index contributed by atoms with van der Waals surface area (Å²) in [7, 11) is 1.34. The van der Waals surface area contributed by atoms with Gasteiger partial charge in [0, 0.05) is 73.8 Å². The molecule has 3 aromatic heterocycles. The van der Waals surface area contributed by atoms with Gasteiger partial charge in [0.1, 0.15) is 11.9 Å². The number of alkyl halides is 1. The van der Waals surface area contributed by atoms with Gasteiger partial charge < -0.3 is 19.7 Å². The molecule has 0 bridgehead atoms. The van der Waals surface area contributed by atoms with Crippen molar-refractivity contribution >= 4 is 40.6 Å². The van der Waals surface area contributed by atoms with E-state index in [0.29, 0.717) is 22.7 Å². The minimum absolute atomic E-state index is 0.329. The Kier molecular flexibility index (Phi) is 4.10. The van der Waals surface area contributed by atoms with Crippen molar-refractivity contribution in [2.24, 2.45) is 0 Å². The number of hydrogen-bond acceptors (Lipinski definition) is 2. The van der Waals surface area contributed by atoms with E-state index in [1.165, 1.54) is 7.11 Å². The number of aromatic nitrogens is 3. The highest BCUT2D eigenvalue weighted by atomic mass is 35.5. The molecule has 0 spiro atoms. The van der Waals surface area contributed by atoms with Gasteiger partial charge in [0.2, 0.25) is 0 Å². The van der Waals surface area contributed by atoms with E-state index in [-0.39, 0.29) is 0 Å². The predicted octanol–water partition coefficient (Wildman–Crippen LogP) is 3.90. The minimum atomic E-state index is -1.04. The fourth-order valence-corrected chi connectivity index (χ4v) is 4.15. The van der Waals surface area contributed by atoms with Crippen molar-refractivity contribution in [2.45, 2.75) is 12.6 Å². The van der Waals surface area contributed by atoms with E-state index in [1.54, 1.807) is 18.3 Å². The lowest BCUT2D eigenvalue weighted by molar-refractivity contribution is 0.0596. The third kappa shape index (κ3) is 2.79. The molecule has 5 nitrogen and oxygen atoms in total. The third-order valence-corrected chi connectivity index (χ3v) is 5.56. The molecule has 1 aromatic carbocycles. The predicted molar refractivity (Wildman–Crippen MR) is 112 cm³/mol. The van der Waals surface area contributed by atoms with Crippen LogP contribution in [0.15, 0.2) is 36.8 Å². The molecule has 0 radical (unpaired) electrons. The Morgan fingerprint density at radius 1 is 1.14 bits per heavy atom. The van der Waals surface area contributed by atoms with Crippen molar-refractivity contribution in [1.29, 1.82) is 0 Å². The second-order valence-corrected chi connectivity index (χ2v) is 7.42. The molecule has 7 heteroatoms. The molecule has 0 fully saturated rings. The van der Waals surface area contributed by atoms with Crippen molar-refractivity contribution in [3.8, 4) is 22.3 Å². The number of carbonyl (C=O) groups excluding carboxylic acids is 1. The van der Waals surface area contributed by atoms with Crippen LogP contribution in [0.2, 0.25) is 5.02 Å². The standard InChI is InChI=1S/C22H17ClFN3O2/c1-29-22(28)21-20(16-9-26-18-4-2-11(23)6-13(16)18)17(10-27-21)15-8-25-19-5-3-12(24)7-14(15)19/h2,4-10,12,25-27H,3H2,1H3. The summed E-state index contributed by atoms with van der Waals surface area (Å²) in [6, 6.07) is 5.54. The van der Waals surface area contributed by atoms with Crippen LogP contribution in [-0.4, -0.2) is 34.2 Å². The topological polar surface area (TPSA) is 73.7 Å². The van der Waals surface area contributed by atoms with Crippen LogP contribution in [0.5, 0.6) is 0 Å². The van der Waals surface area contributed by atoms with E-state index in [4.69, 9.17) is 16.3 Å². The maximum absolute atomic E-state index is 14.0. The van der Waals surface area contributed by atoms with Crippen molar-refractivity contribution in [1.82, 2.24) is 15.0 Å². The largest absolute Gasteiger partial charge is 0.464 e. The van der Waals surface area contributed by atoms with Crippen molar-refractivity contribution in [3.05, 3.63) is 58.1 Å². The summed E-state index contributed by atoms with van der Waals surface area (Å²) in [5, 5.41) is 3.14. The van der Waals surface area contributed by atoms with Gasteiger partial charge >= 0.3 is 5.97 Å². The van der Waals surface area contributed by atoms with Crippen LogP contribution in [0.25, 0.3) is 45.3 Å². The summed E-state index contributed by atoms with van der Waals surface area (Å²) < 4.78 is 19.0. The van der Waals surface area contributed by atoms with Crippen molar-refractivity contribution < 1.29 is 13.9 Å². The van der Waals surface area contributed by atoms with Gasteiger partial charge in [-0.3, -0.25) is 0 Å². The number of methoxy groups -OCH3 is 1. The number of esters is 1. The summed E-state index contributed by atoms with van der Waals surface area (Å²) >= 11 is 6.22. The molecular formula is C22H17ClFN3O2. The molecule has 4 aromatic rings. The second kappa shape index (κ2) is 6.67. The summed E-state index contributed by atoms with van der Waals surface area (Å²) in [5.74, 6) is -0.481. The van der Waals surface area contributed by atoms with Crippen LogP contribution in [-0.2, 0) is 4.74 Å². The molecule has 0 saturated carbocycles. The first-order chi connectivity index (χ1) is 14.1. The monoisotopic (exact) mass is 409 g/mol. The van der Waals surface area contributed by atoms with E-state index in [2.05, 4.69) is 15.0 Å². The molecule has 146 valence electrons. The van der Waals surface area contributed by atoms with Crippen LogP contribution in [0.3, 0.4) is 0 Å². The zero-order valence-electron chi connectivity index (χ0n) is 15.5. The average molecular weight is 410 g/mol. The van der Waals surface area contributed by atoms with Gasteiger partial charge in [-0.15, -0.1) is 0 Å². The molecule has 0 saturated heterocycles. The minimum Gasteiger partial charge on any atom is -0.464 e. The Bertz CT molecular complexity index is 1380. The molecular weight excluding hydrogens is 393 g/mol. The highest BCUT2D eigenvalue weighted by Gasteiger charge is 2.24. The number of fused-ring (bicyclic) bond motifs is 2. The van der Waals surface area contributed by atoms with E-state index >= 15 is 0 Å². The average Bonchev–Trinajstić information content (AvgIpc) is 3.42. The van der Waals surface area contributed by atoms with Crippen molar-refractivity contribution in [3.63, 3.8) is 0 Å². The SMILES string of the molecule is COC(=O)c1[nH]cc(-c2c[nH]c3c2=CC(F)CC=3)c1-c1c[nH]c2ccc(Cl)cc12. The number of halogens is 2. The molecule has 5 rings (SSSR count). The Labute approximate surface area is 169 Å². The molecule has 29 heavy (non-hydrogen) atoms. The van der Waals surface area contributed by atoms with Gasteiger partial charge in [0.25, 0.3) is 0 Å². The first-order valence-electron chi connectivity index (χ1n) is 9.17. The fraction of sp³-hybridized carbons (Fsp3) is 0.136. The first kappa shape index (κ1) is 17.8. The number of H-pyrrole nitrogens is 3. The van der Waals surface area contributed by atoms with E-state index < -0.39 is 12.1 Å². The van der Waals surface area contributed by atoms with E-state index in [1.807, 2.05) is 30.6 Å². The Hall–Kier alpha value is -3.25. The van der Waals surface area contributed by atoms with Crippen LogP contribution >= 0.6 is 11.6 Å². The zero-order valence-corrected chi connectivity index (χ0v) is 16.2. The Morgan fingerprint density at radius 3 is 2.76 bits per heavy atom. The van der Waals surface area contributed by atoms with Gasteiger partial charge in [0.05, 0.1) is 7.11 Å². The summed E-state index contributed by atoms with van der Waals surface area (Å²) in [4.78, 5) is 22.0. The van der Waals surface area contributed by atoms with Crippen LogP contribution < -0.4 is 10.6 Å². The zero-order chi connectivity index (χ0) is 20.1. The van der Waals surface area contributed by atoms with Gasteiger partial charge in [-0.25, -0.2) is 9.18 Å². The maximum Gasteiger partial charge on any atom is 0.355 e. The van der Waals surface area contributed by atoms with Gasteiger partial charge in [-0.1, -0.05) is 17.7 Å². The van der Waals surface area contributed by atoms with Gasteiger partial charge in [-0.2, -0.15) is 0 Å². The van der Waals surface area contributed by atoms with Gasteiger partial charge in [0.15, 0.2) is 0 Å². The molecule has 0 aliphatic heterocycles. The third-order valence-electron chi connectivity index (χ3n) is 5.32. The normalized spacial score (nSPS) is 15.6. The quantitative estimate of drug-likeness (QED) is 0.449. The van der Waals surface area contributed by atoms with Crippen LogP contribution in [0.1, 0.15) is 16.9 Å². The molecule has 1 aliphatic carbocycles. The molecule has 0 amide bonds. The lowest BCUT2D eigenvalue weighted by atomic mass is 9.96. The number of benzene rings is 1. The number of carbonyl (C=O) groups is 1. The smallest absolute Gasteiger partial charge is 0.355 e. The fourth-order valence-electron chi connectivity index (χ4n) is 3.98. The first-order valence-corrected chi connectivity index (χ1v) is 9.55. The van der Waals surface area contributed by atoms with E-state index in [9.17, 15) is 9.18 Å². The Morgan fingerprint density at radius 2 is 1.93 bits per heavy atom. The van der Waals surface area contributed by atoms with Crippen LogP contribution in [0.4, 0.5) is 4.39 Å². The molecule has 1 atom stereocenters. The van der Waals surface area contributed by atoms with E-state index in [0.717, 1.165) is 38.2 Å². The van der Waals surface area contributed by atoms with Crippen LogP contribution in [0, 0.1) is 0 Å². The molecule has 3 heterocycles. The Balaban J connectivity index is 1.83. The molecule has 1 aliphatic rings. The van der Waals surface area contributed by atoms with Crippen molar-refractivity contribution in [2.75, 3.05) is 7.11 Å². The number of aromatic amines is 3. The summed E-state index contributed by atoms with van der Waals surface area (Å²) in [6.07, 6.45) is 8.21. The summed E-state index contributed by atoms with van der Waals surface area (Å²) in [6.45, 7) is 0. The summed E-state index contributed by atoms with van der Waals surface area (Å²) in [5.41, 5.74) is 4.31. The lowest BCUT2D eigenvalue weighted by Gasteiger charge is -2.07. The number of ether oxygens (including phenoxy) is 1. The number of rotatable bonds is 3. The van der Waals surface area contributed by atoms with Gasteiger partial charge in [-0.05, 0) is 24.3 Å². The highest BCUT2D eigenvalue weighted by molar-refractivity contribution is 6.31. The maximum atomic E-state index is 14.0. The molecule has 1 unspecified atom stereocenters. The lowest BCUT2D eigenvalue weighted by Crippen LogP contribution is -2.29. The number of hydrogen-bond donors (Lipinski definition) is 3.